The van der Waals surface area contributed by atoms with Crippen molar-refractivity contribution in [2.75, 3.05) is 26.9 Å². The molecule has 6 N–H and O–H groups in total. The molecule has 0 radical (unpaired) electrons. The van der Waals surface area contributed by atoms with Gasteiger partial charge in [-0.2, -0.15) is 0 Å². The summed E-state index contributed by atoms with van der Waals surface area (Å²) >= 11 is 0. The summed E-state index contributed by atoms with van der Waals surface area (Å²) in [7, 11) is 0.371. The number of unbranched alkanes of at least 4 members (excludes halogenated alkanes) is 1. The lowest BCUT2D eigenvalue weighted by Crippen LogP contribution is -2.29. The Labute approximate surface area is 207 Å². The van der Waals surface area contributed by atoms with Gasteiger partial charge in [0.2, 0.25) is 0 Å². The van der Waals surface area contributed by atoms with Crippen LogP contribution in [0.25, 0.3) is 11.0 Å². The van der Waals surface area contributed by atoms with Crippen LogP contribution in [0.4, 0.5) is 0 Å². The predicted molar refractivity (Wildman–Crippen MR) is 136 cm³/mol. The van der Waals surface area contributed by atoms with Gasteiger partial charge in [0.25, 0.3) is 0 Å². The van der Waals surface area contributed by atoms with E-state index in [2.05, 4.69) is 15.0 Å². The number of pyridine rings is 1. The smallest absolute Gasteiger partial charge is 0.320 e. The van der Waals surface area contributed by atoms with Crippen LogP contribution in [0.3, 0.4) is 0 Å². The molecule has 0 saturated carbocycles. The van der Waals surface area contributed by atoms with Crippen molar-refractivity contribution in [1.82, 2.24) is 15.0 Å². The van der Waals surface area contributed by atoms with Gasteiger partial charge in [0.15, 0.2) is 5.16 Å². The van der Waals surface area contributed by atoms with Crippen LogP contribution in [0.15, 0.2) is 41.7 Å². The molecular formula is C24H35N5O5S. The first-order valence-electron chi connectivity index (χ1n) is 11.4. The Morgan fingerprint density at radius 2 is 1.97 bits per heavy atom. The summed E-state index contributed by atoms with van der Waals surface area (Å²) in [6, 6.07) is 8.75. The Morgan fingerprint density at radius 1 is 1.20 bits per heavy atom. The second-order valence-electron chi connectivity index (χ2n) is 7.85. The lowest BCUT2D eigenvalue weighted by Gasteiger charge is -2.11. The number of ether oxygens (including phenoxy) is 2. The SMILES string of the molecule is COCCCOc1ccnc(CS(=O)c2nc3ccccc3[nH]2)c1C.NCCCCC(N)C(=O)O. The molecule has 0 aliphatic heterocycles. The van der Waals surface area contributed by atoms with Crippen LogP contribution < -0.4 is 16.2 Å². The van der Waals surface area contributed by atoms with Gasteiger partial charge in [-0.15, -0.1) is 0 Å². The molecule has 0 aliphatic carbocycles. The molecule has 3 rings (SSSR count). The van der Waals surface area contributed by atoms with Crippen LogP contribution in [0, 0.1) is 6.92 Å². The maximum atomic E-state index is 12.7. The molecule has 3 aromatic rings. The highest BCUT2D eigenvalue weighted by atomic mass is 32.2. The minimum absolute atomic E-state index is 0.293. The number of hydrogen-bond donors (Lipinski definition) is 4. The van der Waals surface area contributed by atoms with Crippen molar-refractivity contribution >= 4 is 27.8 Å². The number of carbonyl (C=O) groups is 1. The van der Waals surface area contributed by atoms with E-state index in [0.717, 1.165) is 47.3 Å². The summed E-state index contributed by atoms with van der Waals surface area (Å²) in [6.45, 7) is 3.77. The number of nitrogens with two attached hydrogens (primary N) is 2. The van der Waals surface area contributed by atoms with Gasteiger partial charge in [0.1, 0.15) is 11.8 Å². The molecule has 2 heterocycles. The van der Waals surface area contributed by atoms with E-state index in [1.807, 2.05) is 37.3 Å². The fourth-order valence-corrected chi connectivity index (χ4v) is 4.21. The van der Waals surface area contributed by atoms with Gasteiger partial charge in [0.05, 0.1) is 39.9 Å². The molecule has 2 atom stereocenters. The zero-order valence-electron chi connectivity index (χ0n) is 20.2. The van der Waals surface area contributed by atoms with Gasteiger partial charge < -0.3 is 31.0 Å². The Morgan fingerprint density at radius 3 is 2.66 bits per heavy atom. The van der Waals surface area contributed by atoms with Crippen molar-refractivity contribution in [3.63, 3.8) is 0 Å². The van der Waals surface area contributed by atoms with E-state index in [9.17, 15) is 9.00 Å². The number of benzene rings is 1. The van der Waals surface area contributed by atoms with Crippen LogP contribution in [0.1, 0.15) is 36.9 Å². The zero-order valence-corrected chi connectivity index (χ0v) is 21.1. The number of para-hydroxylation sites is 2. The molecule has 0 bridgehead atoms. The number of H-pyrrole nitrogens is 1. The van der Waals surface area contributed by atoms with E-state index in [1.54, 1.807) is 13.3 Å². The minimum atomic E-state index is -1.30. The number of fused-ring (bicyclic) bond motifs is 1. The summed E-state index contributed by atoms with van der Waals surface area (Å²) in [6.07, 6.45) is 4.67. The van der Waals surface area contributed by atoms with E-state index >= 15 is 0 Å². The van der Waals surface area contributed by atoms with E-state index in [0.29, 0.717) is 37.1 Å². The maximum absolute atomic E-state index is 12.7. The number of aliphatic carboxylic acids is 1. The molecule has 0 aliphatic rings. The Hall–Kier alpha value is -2.86. The van der Waals surface area contributed by atoms with Crippen LogP contribution in [0.5, 0.6) is 5.75 Å². The molecule has 192 valence electrons. The molecule has 11 heteroatoms. The Balaban J connectivity index is 0.000000367. The van der Waals surface area contributed by atoms with Crippen LogP contribution >= 0.6 is 0 Å². The van der Waals surface area contributed by atoms with Gasteiger partial charge in [0, 0.05) is 31.9 Å². The summed E-state index contributed by atoms with van der Waals surface area (Å²) in [5.41, 5.74) is 13.8. The number of nitrogens with one attached hydrogen (secondary N) is 1. The number of carboxylic acids is 1. The number of methoxy groups -OCH3 is 1. The average molecular weight is 506 g/mol. The molecule has 0 spiro atoms. The number of nitrogens with zero attached hydrogens (tertiary/aromatic N) is 2. The van der Waals surface area contributed by atoms with Gasteiger partial charge >= 0.3 is 5.97 Å². The monoisotopic (exact) mass is 505 g/mol. The zero-order chi connectivity index (χ0) is 25.6. The average Bonchev–Trinajstić information content (AvgIpc) is 3.29. The molecule has 35 heavy (non-hydrogen) atoms. The quantitative estimate of drug-likeness (QED) is 0.255. The van der Waals surface area contributed by atoms with Gasteiger partial charge in [-0.25, -0.2) is 4.98 Å². The van der Waals surface area contributed by atoms with Crippen molar-refractivity contribution in [2.24, 2.45) is 11.5 Å². The molecule has 2 unspecified atom stereocenters. The highest BCUT2D eigenvalue weighted by Crippen LogP contribution is 2.22. The van der Waals surface area contributed by atoms with E-state index in [1.165, 1.54) is 0 Å². The van der Waals surface area contributed by atoms with Crippen LogP contribution in [0.2, 0.25) is 0 Å². The number of hydrogen-bond acceptors (Lipinski definition) is 8. The van der Waals surface area contributed by atoms with E-state index in [4.69, 9.17) is 26.0 Å². The van der Waals surface area contributed by atoms with Crippen molar-refractivity contribution < 1.29 is 23.6 Å². The van der Waals surface area contributed by atoms with Crippen molar-refractivity contribution in [2.45, 2.75) is 49.6 Å². The number of carboxylic acid groups (broad SMARTS) is 1. The normalized spacial score (nSPS) is 12.6. The standard InChI is InChI=1S/C18H21N3O3S.C6H14N2O2/c1-13-16(19-9-8-17(13)24-11-5-10-23-2)12-25(22)18-20-14-6-3-4-7-15(14)21-18;7-4-2-1-3-5(8)6(9)10/h3-4,6-9H,5,10-12H2,1-2H3,(H,20,21);5H,1-4,7-8H2,(H,9,10). The summed E-state index contributed by atoms with van der Waals surface area (Å²) in [4.78, 5) is 22.0. The first-order chi connectivity index (χ1) is 16.9. The maximum Gasteiger partial charge on any atom is 0.320 e. The molecule has 2 aromatic heterocycles. The molecule has 10 nitrogen and oxygen atoms in total. The highest BCUT2D eigenvalue weighted by molar-refractivity contribution is 7.84. The van der Waals surface area contributed by atoms with Crippen LogP contribution in [-0.4, -0.2) is 63.1 Å². The molecule has 0 fully saturated rings. The van der Waals surface area contributed by atoms with Crippen LogP contribution in [-0.2, 0) is 26.1 Å². The fourth-order valence-electron chi connectivity index (χ4n) is 3.11. The van der Waals surface area contributed by atoms with Crippen molar-refractivity contribution in [1.29, 1.82) is 0 Å². The third-order valence-corrected chi connectivity index (χ3v) is 6.31. The van der Waals surface area contributed by atoms with Gasteiger partial charge in [-0.05, 0) is 44.5 Å². The first kappa shape index (κ1) is 28.4. The second kappa shape index (κ2) is 15.2. The second-order valence-corrected chi connectivity index (χ2v) is 9.22. The van der Waals surface area contributed by atoms with Crippen molar-refractivity contribution in [3.8, 4) is 5.75 Å². The van der Waals surface area contributed by atoms with Gasteiger partial charge in [-0.1, -0.05) is 18.6 Å². The van der Waals surface area contributed by atoms with Gasteiger partial charge in [-0.3, -0.25) is 14.0 Å². The number of imidazole rings is 1. The lowest BCUT2D eigenvalue weighted by atomic mass is 10.1. The molecule has 1 aromatic carbocycles. The number of rotatable bonds is 13. The summed E-state index contributed by atoms with van der Waals surface area (Å²) in [5, 5.41) is 8.79. The Bertz CT molecular complexity index is 1060. The largest absolute Gasteiger partial charge is 0.493 e. The molecule has 0 amide bonds. The van der Waals surface area contributed by atoms with Crippen molar-refractivity contribution in [3.05, 3.63) is 47.8 Å². The minimum Gasteiger partial charge on any atom is -0.493 e. The molecule has 0 saturated heterocycles. The van der Waals surface area contributed by atoms with E-state index in [-0.39, 0.29) is 0 Å². The lowest BCUT2D eigenvalue weighted by molar-refractivity contribution is -0.138. The number of aromatic nitrogens is 3. The third kappa shape index (κ3) is 9.36. The third-order valence-electron chi connectivity index (χ3n) is 5.15. The topological polar surface area (TPSA) is 166 Å². The molecular weight excluding hydrogens is 470 g/mol. The fraction of sp³-hybridized carbons (Fsp3) is 0.458. The summed E-state index contributed by atoms with van der Waals surface area (Å²) < 4.78 is 23.5. The first-order valence-corrected chi connectivity index (χ1v) is 12.8. The number of aromatic amines is 1. The van der Waals surface area contributed by atoms with E-state index < -0.39 is 22.8 Å². The summed E-state index contributed by atoms with van der Waals surface area (Å²) in [5.74, 6) is 0.126. The predicted octanol–water partition coefficient (Wildman–Crippen LogP) is 2.52. The highest BCUT2D eigenvalue weighted by Gasteiger charge is 2.15. The Kier molecular flexibility index (Phi) is 12.3.